The molecule has 0 radical (unpaired) electrons. The first-order valence-electron chi connectivity index (χ1n) is 5.70. The minimum atomic E-state index is -0.166. The van der Waals surface area contributed by atoms with Crippen molar-refractivity contribution in [2.45, 2.75) is 11.4 Å². The van der Waals surface area contributed by atoms with Gasteiger partial charge in [-0.1, -0.05) is 0 Å². The Morgan fingerprint density at radius 1 is 1.22 bits per heavy atom. The molecule has 3 nitrogen and oxygen atoms in total. The number of Topliss-reactive ketones (excluding diaryl/α,β-unsaturated/α-hetero) is 1. The monoisotopic (exact) mass is 305 g/mol. The molecule has 1 aliphatic carbocycles. The Bertz CT molecular complexity index is 575. The van der Waals surface area contributed by atoms with Crippen LogP contribution in [-0.2, 0) is 4.79 Å². The van der Waals surface area contributed by atoms with E-state index in [-0.39, 0.29) is 31.5 Å². The first-order valence-corrected chi connectivity index (χ1v) is 7.55. The van der Waals surface area contributed by atoms with E-state index in [4.69, 9.17) is 0 Å². The molecule has 1 aromatic rings. The molecule has 1 unspecified atom stereocenters. The third-order valence-electron chi connectivity index (χ3n) is 2.91. The summed E-state index contributed by atoms with van der Waals surface area (Å²) in [6, 6.07) is 9.30. The van der Waals surface area contributed by atoms with E-state index in [0.717, 1.165) is 15.7 Å². The van der Waals surface area contributed by atoms with Gasteiger partial charge in [-0.2, -0.15) is 0 Å². The van der Waals surface area contributed by atoms with Gasteiger partial charge in [0.05, 0.1) is 0 Å². The number of hydrogen-bond acceptors (Lipinski definition) is 3. The van der Waals surface area contributed by atoms with E-state index in [9.17, 15) is 9.59 Å². The number of carbonyl (C=O) groups excluding carboxylic acids is 2. The fourth-order valence-electron chi connectivity index (χ4n) is 2.00. The molecule has 0 amide bonds. The third-order valence-corrected chi connectivity index (χ3v) is 5.47. The van der Waals surface area contributed by atoms with Gasteiger partial charge in [0.25, 0.3) is 0 Å². The van der Waals surface area contributed by atoms with E-state index >= 15 is 0 Å². The van der Waals surface area contributed by atoms with Crippen molar-refractivity contribution >= 4 is 26.5 Å². The summed E-state index contributed by atoms with van der Waals surface area (Å²) in [6.07, 6.45) is 3.84. The normalized spacial score (nSPS) is 21.8. The zero-order chi connectivity index (χ0) is 12.5. The molecule has 1 aromatic carbocycles. The van der Waals surface area contributed by atoms with E-state index in [2.05, 4.69) is 5.32 Å². The van der Waals surface area contributed by atoms with E-state index in [1.807, 2.05) is 30.3 Å². The molecule has 1 N–H and O–H groups in total. The van der Waals surface area contributed by atoms with Crippen molar-refractivity contribution in [2.24, 2.45) is 0 Å². The fraction of sp³-hybridized carbons (Fsp3) is 0.143. The van der Waals surface area contributed by atoms with E-state index < -0.39 is 0 Å². The summed E-state index contributed by atoms with van der Waals surface area (Å²) in [7, 11) is 0. The van der Waals surface area contributed by atoms with Crippen molar-refractivity contribution in [1.82, 2.24) is 5.32 Å². The van der Waals surface area contributed by atoms with Gasteiger partial charge in [0.2, 0.25) is 0 Å². The fourth-order valence-corrected chi connectivity index (χ4v) is 4.50. The molecule has 0 spiro atoms. The second-order valence-electron chi connectivity index (χ2n) is 4.19. The second kappa shape index (κ2) is 4.56. The SMILES string of the molecule is O=C1C=CC2=C(C1)[Se]C(C(=O)c1ccccc1)N2. The molecule has 4 heteroatoms. The molecule has 1 atom stereocenters. The Balaban J connectivity index is 1.77. The molecular weight excluding hydrogens is 293 g/mol. The van der Waals surface area contributed by atoms with Crippen molar-refractivity contribution in [1.29, 1.82) is 0 Å². The summed E-state index contributed by atoms with van der Waals surface area (Å²) in [6.45, 7) is 0. The molecule has 2 aliphatic rings. The Hall–Kier alpha value is -1.64. The van der Waals surface area contributed by atoms with Crippen LogP contribution >= 0.6 is 0 Å². The molecule has 3 rings (SSSR count). The van der Waals surface area contributed by atoms with Crippen LogP contribution in [0.2, 0.25) is 0 Å². The topological polar surface area (TPSA) is 46.2 Å². The van der Waals surface area contributed by atoms with Gasteiger partial charge in [0.15, 0.2) is 0 Å². The molecule has 18 heavy (non-hydrogen) atoms. The number of carbonyl (C=O) groups is 2. The zero-order valence-electron chi connectivity index (χ0n) is 9.55. The summed E-state index contributed by atoms with van der Waals surface area (Å²) in [4.78, 5) is 23.5. The van der Waals surface area contributed by atoms with Gasteiger partial charge in [0, 0.05) is 0 Å². The van der Waals surface area contributed by atoms with Gasteiger partial charge in [-0.3, -0.25) is 0 Å². The number of hydrogen-bond donors (Lipinski definition) is 1. The van der Waals surface area contributed by atoms with Crippen molar-refractivity contribution < 1.29 is 9.59 Å². The summed E-state index contributed by atoms with van der Waals surface area (Å²) >= 11 is 0.0304. The molecule has 1 aliphatic heterocycles. The van der Waals surface area contributed by atoms with E-state index in [0.29, 0.717) is 6.42 Å². The third kappa shape index (κ3) is 2.05. The quantitative estimate of drug-likeness (QED) is 0.660. The predicted octanol–water partition coefficient (Wildman–Crippen LogP) is 1.24. The van der Waals surface area contributed by atoms with Crippen molar-refractivity contribution in [3.05, 3.63) is 58.2 Å². The average molecular weight is 304 g/mol. The van der Waals surface area contributed by atoms with Crippen molar-refractivity contribution in [3.8, 4) is 0 Å². The Morgan fingerprint density at radius 3 is 2.78 bits per heavy atom. The number of rotatable bonds is 2. The molecule has 0 saturated carbocycles. The number of benzene rings is 1. The number of ketones is 2. The second-order valence-corrected chi connectivity index (χ2v) is 6.70. The maximum atomic E-state index is 12.3. The van der Waals surface area contributed by atoms with Gasteiger partial charge in [-0.05, 0) is 0 Å². The van der Waals surface area contributed by atoms with Crippen LogP contribution in [-0.4, -0.2) is 31.5 Å². The molecule has 0 fully saturated rings. The number of nitrogens with one attached hydrogen (secondary N) is 1. The van der Waals surface area contributed by atoms with Crippen LogP contribution in [0.4, 0.5) is 0 Å². The van der Waals surface area contributed by atoms with Crippen molar-refractivity contribution in [2.75, 3.05) is 0 Å². The van der Waals surface area contributed by atoms with Crippen LogP contribution in [0.1, 0.15) is 16.8 Å². The standard InChI is InChI=1S/C14H11NO2Se/c16-10-6-7-11-12(8-10)18-14(15-11)13(17)9-4-2-1-3-5-9/h1-7,14-15H,8H2. The van der Waals surface area contributed by atoms with E-state index in [1.165, 1.54) is 0 Å². The first-order chi connectivity index (χ1) is 8.74. The van der Waals surface area contributed by atoms with Gasteiger partial charge in [-0.15, -0.1) is 0 Å². The van der Waals surface area contributed by atoms with Gasteiger partial charge >= 0.3 is 111 Å². The predicted molar refractivity (Wildman–Crippen MR) is 69.2 cm³/mol. The van der Waals surface area contributed by atoms with E-state index in [1.54, 1.807) is 12.2 Å². The summed E-state index contributed by atoms with van der Waals surface area (Å²) < 4.78 is 1.12. The van der Waals surface area contributed by atoms with Gasteiger partial charge < -0.3 is 0 Å². The summed E-state index contributed by atoms with van der Waals surface area (Å²) in [5.41, 5.74) is 1.70. The molecule has 0 saturated heterocycles. The average Bonchev–Trinajstić information content (AvgIpc) is 2.81. The van der Waals surface area contributed by atoms with Crippen molar-refractivity contribution in [3.63, 3.8) is 0 Å². The van der Waals surface area contributed by atoms with Crippen LogP contribution in [0.5, 0.6) is 0 Å². The Labute approximate surface area is 111 Å². The molecular formula is C14H11NO2Se. The van der Waals surface area contributed by atoms with Crippen LogP contribution in [0.3, 0.4) is 0 Å². The van der Waals surface area contributed by atoms with Crippen LogP contribution in [0, 0.1) is 0 Å². The zero-order valence-corrected chi connectivity index (χ0v) is 11.3. The molecule has 0 aromatic heterocycles. The first kappa shape index (κ1) is 11.4. The maximum absolute atomic E-state index is 12.3. The minimum absolute atomic E-state index is 0.0304. The van der Waals surface area contributed by atoms with Crippen LogP contribution in [0.25, 0.3) is 0 Å². The molecule has 0 bridgehead atoms. The van der Waals surface area contributed by atoms with Gasteiger partial charge in [-0.25, -0.2) is 0 Å². The van der Waals surface area contributed by atoms with Gasteiger partial charge in [0.1, 0.15) is 0 Å². The molecule has 90 valence electrons. The summed E-state index contributed by atoms with van der Waals surface area (Å²) in [5.74, 6) is 0.246. The Kier molecular flexibility index (Phi) is 2.90. The van der Waals surface area contributed by atoms with Crippen LogP contribution < -0.4 is 5.32 Å². The number of allylic oxidation sites excluding steroid dienone is 3. The van der Waals surface area contributed by atoms with Crippen LogP contribution in [0.15, 0.2) is 52.7 Å². The molecule has 1 heterocycles. The summed E-state index contributed by atoms with van der Waals surface area (Å²) in [5, 5.41) is 3.23. The Morgan fingerprint density at radius 2 is 2.00 bits per heavy atom.